The number of nitrogens with zero attached hydrogens (tertiary/aromatic N) is 4. The van der Waals surface area contributed by atoms with Gasteiger partial charge in [-0.2, -0.15) is 0 Å². The molecule has 0 spiro atoms. The number of thioether (sulfide) groups is 1. The van der Waals surface area contributed by atoms with Gasteiger partial charge in [-0.15, -0.1) is 11.8 Å². The van der Waals surface area contributed by atoms with Gasteiger partial charge in [0.15, 0.2) is 5.82 Å². The zero-order valence-electron chi connectivity index (χ0n) is 16.6. The zero-order chi connectivity index (χ0) is 21.3. The maximum Gasteiger partial charge on any atom is 0.253 e. The average molecular weight is 437 g/mol. The lowest BCUT2D eigenvalue weighted by Gasteiger charge is -2.43. The number of amides is 1. The van der Waals surface area contributed by atoms with Gasteiger partial charge in [-0.05, 0) is 23.8 Å². The van der Waals surface area contributed by atoms with E-state index in [2.05, 4.69) is 30.5 Å². The molecule has 0 saturated carbocycles. The summed E-state index contributed by atoms with van der Waals surface area (Å²) in [6, 6.07) is 13.1. The van der Waals surface area contributed by atoms with Gasteiger partial charge >= 0.3 is 0 Å². The lowest BCUT2D eigenvalue weighted by molar-refractivity contribution is 0.0933. The summed E-state index contributed by atoms with van der Waals surface area (Å²) >= 11 is 1.66. The summed E-state index contributed by atoms with van der Waals surface area (Å²) in [6.07, 6.45) is 5.98. The standard InChI is InChI=1S/C22H21FN6OS/c23-18-10-25-20(26-11-18)29-12-17-13-31-21(27-19(30)15-5-2-1-3-6-15)28-22(17,14-29)16-7-4-8-24-9-16/h1-11,17,21,28H,12-14H2,(H,27,30). The number of fused-ring (bicyclic) bond motifs is 1. The van der Waals surface area contributed by atoms with Crippen molar-refractivity contribution in [2.45, 2.75) is 11.0 Å². The van der Waals surface area contributed by atoms with Crippen molar-refractivity contribution >= 4 is 23.6 Å². The number of carbonyl (C=O) groups is 1. The summed E-state index contributed by atoms with van der Waals surface area (Å²) in [6.45, 7) is 1.31. The lowest BCUT2D eigenvalue weighted by atomic mass is 9.82. The summed E-state index contributed by atoms with van der Waals surface area (Å²) in [5.74, 6) is 0.983. The second-order valence-corrected chi connectivity index (χ2v) is 8.83. The fourth-order valence-electron chi connectivity index (χ4n) is 4.29. The molecule has 3 aromatic rings. The Bertz CT molecular complexity index is 1050. The predicted octanol–water partition coefficient (Wildman–Crippen LogP) is 2.39. The van der Waals surface area contributed by atoms with Gasteiger partial charge in [0.05, 0.1) is 17.9 Å². The highest BCUT2D eigenvalue weighted by Gasteiger charge is 2.52. The molecule has 7 nitrogen and oxygen atoms in total. The lowest BCUT2D eigenvalue weighted by Crippen LogP contribution is -2.61. The van der Waals surface area contributed by atoms with E-state index in [-0.39, 0.29) is 17.3 Å². The van der Waals surface area contributed by atoms with Crippen molar-refractivity contribution in [2.24, 2.45) is 5.92 Å². The third-order valence-electron chi connectivity index (χ3n) is 5.80. The summed E-state index contributed by atoms with van der Waals surface area (Å²) < 4.78 is 13.3. The predicted molar refractivity (Wildman–Crippen MR) is 117 cm³/mol. The molecule has 2 N–H and O–H groups in total. The van der Waals surface area contributed by atoms with Crippen LogP contribution in [0.3, 0.4) is 0 Å². The molecule has 0 bridgehead atoms. The summed E-state index contributed by atoms with van der Waals surface area (Å²) in [4.78, 5) is 27.4. The molecule has 158 valence electrons. The number of anilines is 1. The topological polar surface area (TPSA) is 83.0 Å². The van der Waals surface area contributed by atoms with Crippen molar-refractivity contribution in [1.29, 1.82) is 0 Å². The van der Waals surface area contributed by atoms with Gasteiger partial charge in [0, 0.05) is 42.7 Å². The number of pyridine rings is 1. The Labute approximate surface area is 183 Å². The van der Waals surface area contributed by atoms with Crippen LogP contribution in [0.5, 0.6) is 0 Å². The highest BCUT2D eigenvalue weighted by Crippen LogP contribution is 2.43. The smallest absolute Gasteiger partial charge is 0.253 e. The van der Waals surface area contributed by atoms with Crippen molar-refractivity contribution in [1.82, 2.24) is 25.6 Å². The largest absolute Gasteiger partial charge is 0.338 e. The van der Waals surface area contributed by atoms with Gasteiger partial charge in [-0.25, -0.2) is 14.4 Å². The number of rotatable bonds is 4. The van der Waals surface area contributed by atoms with Crippen molar-refractivity contribution in [2.75, 3.05) is 23.7 Å². The first-order valence-corrected chi connectivity index (χ1v) is 11.1. The minimum absolute atomic E-state index is 0.123. The molecular formula is C22H21FN6OS. The zero-order valence-corrected chi connectivity index (χ0v) is 17.4. The van der Waals surface area contributed by atoms with Crippen LogP contribution in [-0.4, -0.2) is 45.2 Å². The van der Waals surface area contributed by atoms with Crippen LogP contribution in [0.4, 0.5) is 10.3 Å². The molecule has 31 heavy (non-hydrogen) atoms. The number of hydrogen-bond donors (Lipinski definition) is 2. The molecule has 2 fully saturated rings. The molecule has 5 rings (SSSR count). The minimum Gasteiger partial charge on any atom is -0.338 e. The van der Waals surface area contributed by atoms with Crippen LogP contribution in [0, 0.1) is 11.7 Å². The van der Waals surface area contributed by atoms with Gasteiger partial charge in [0.25, 0.3) is 5.91 Å². The quantitative estimate of drug-likeness (QED) is 0.650. The van der Waals surface area contributed by atoms with Crippen LogP contribution in [0.1, 0.15) is 15.9 Å². The molecular weight excluding hydrogens is 415 g/mol. The molecule has 3 atom stereocenters. The van der Waals surface area contributed by atoms with Crippen LogP contribution in [-0.2, 0) is 5.54 Å². The summed E-state index contributed by atoms with van der Waals surface area (Å²) in [5.41, 5.74) is 0.962. The SMILES string of the molecule is O=C(NC1NC2(c3cccnc3)CN(c3ncc(F)cn3)CC2CS1)c1ccccc1. The second kappa shape index (κ2) is 8.24. The third kappa shape index (κ3) is 3.86. The van der Waals surface area contributed by atoms with Crippen LogP contribution in [0.15, 0.2) is 67.3 Å². The monoisotopic (exact) mass is 436 g/mol. The Kier molecular flexibility index (Phi) is 5.29. The fraction of sp³-hybridized carbons (Fsp3) is 0.273. The normalized spacial score (nSPS) is 25.1. The van der Waals surface area contributed by atoms with Gasteiger partial charge in [0.2, 0.25) is 5.95 Å². The van der Waals surface area contributed by atoms with Crippen molar-refractivity contribution in [3.8, 4) is 0 Å². The Morgan fingerprint density at radius 2 is 1.97 bits per heavy atom. The van der Waals surface area contributed by atoms with Crippen LogP contribution in [0.25, 0.3) is 0 Å². The molecule has 9 heteroatoms. The third-order valence-corrected chi connectivity index (χ3v) is 6.96. The number of halogens is 1. The average Bonchev–Trinajstić information content (AvgIpc) is 3.21. The molecule has 3 unspecified atom stereocenters. The first kappa shape index (κ1) is 19.9. The molecule has 0 aliphatic carbocycles. The Hall–Kier alpha value is -3.04. The molecule has 1 amide bonds. The van der Waals surface area contributed by atoms with Crippen LogP contribution in [0.2, 0.25) is 0 Å². The van der Waals surface area contributed by atoms with E-state index in [0.29, 0.717) is 18.1 Å². The summed E-state index contributed by atoms with van der Waals surface area (Å²) in [7, 11) is 0. The van der Waals surface area contributed by atoms with Gasteiger partial charge < -0.3 is 10.2 Å². The van der Waals surface area contributed by atoms with Gasteiger partial charge in [0.1, 0.15) is 5.50 Å². The van der Waals surface area contributed by atoms with E-state index in [1.165, 1.54) is 12.4 Å². The number of aromatic nitrogens is 3. The van der Waals surface area contributed by atoms with E-state index in [9.17, 15) is 9.18 Å². The first-order valence-electron chi connectivity index (χ1n) is 10.0. The fourth-order valence-corrected chi connectivity index (χ4v) is 5.59. The van der Waals surface area contributed by atoms with Gasteiger partial charge in [-0.1, -0.05) is 24.3 Å². The van der Waals surface area contributed by atoms with E-state index in [4.69, 9.17) is 0 Å². The maximum absolute atomic E-state index is 13.3. The van der Waals surface area contributed by atoms with E-state index >= 15 is 0 Å². The number of benzene rings is 1. The second-order valence-electron chi connectivity index (χ2n) is 7.69. The van der Waals surface area contributed by atoms with E-state index in [1.807, 2.05) is 36.5 Å². The first-order chi connectivity index (χ1) is 15.1. The maximum atomic E-state index is 13.3. The number of hydrogen-bond acceptors (Lipinski definition) is 7. The number of carbonyl (C=O) groups excluding carboxylic acids is 1. The Balaban J connectivity index is 1.42. The molecule has 2 aromatic heterocycles. The van der Waals surface area contributed by atoms with E-state index < -0.39 is 11.4 Å². The molecule has 0 radical (unpaired) electrons. The molecule has 2 saturated heterocycles. The van der Waals surface area contributed by atoms with Crippen molar-refractivity contribution in [3.63, 3.8) is 0 Å². The highest BCUT2D eigenvalue weighted by molar-refractivity contribution is 7.99. The van der Waals surface area contributed by atoms with Gasteiger partial charge in [-0.3, -0.25) is 15.1 Å². The Morgan fingerprint density at radius 3 is 2.71 bits per heavy atom. The number of nitrogens with one attached hydrogen (secondary N) is 2. The van der Waals surface area contributed by atoms with Crippen LogP contribution >= 0.6 is 11.8 Å². The minimum atomic E-state index is -0.459. The highest BCUT2D eigenvalue weighted by atomic mass is 32.2. The molecule has 2 aliphatic heterocycles. The van der Waals surface area contributed by atoms with E-state index in [1.54, 1.807) is 30.1 Å². The van der Waals surface area contributed by atoms with Crippen LogP contribution < -0.4 is 15.5 Å². The molecule has 1 aromatic carbocycles. The van der Waals surface area contributed by atoms with Crippen molar-refractivity contribution in [3.05, 3.63) is 84.2 Å². The van der Waals surface area contributed by atoms with Crippen molar-refractivity contribution < 1.29 is 9.18 Å². The Morgan fingerprint density at radius 1 is 1.16 bits per heavy atom. The van der Waals surface area contributed by atoms with E-state index in [0.717, 1.165) is 17.9 Å². The molecule has 2 aliphatic rings. The summed E-state index contributed by atoms with van der Waals surface area (Å²) in [5, 5.41) is 6.77. The molecule has 4 heterocycles.